The van der Waals surface area contributed by atoms with Gasteiger partial charge in [-0.15, -0.1) is 0 Å². The van der Waals surface area contributed by atoms with Crippen molar-refractivity contribution in [3.63, 3.8) is 0 Å². The van der Waals surface area contributed by atoms with Gasteiger partial charge < -0.3 is 4.90 Å². The van der Waals surface area contributed by atoms with Gasteiger partial charge in [0.25, 0.3) is 0 Å². The number of rotatable bonds is 3. The van der Waals surface area contributed by atoms with E-state index in [4.69, 9.17) is 0 Å². The maximum atomic E-state index is 2.58. The van der Waals surface area contributed by atoms with Gasteiger partial charge in [-0.2, -0.15) is 0 Å². The lowest BCUT2D eigenvalue weighted by molar-refractivity contribution is -0.146. The average molecular weight is 242 g/mol. The lowest BCUT2D eigenvalue weighted by Crippen LogP contribution is -2.69. The predicted molar refractivity (Wildman–Crippen MR) is 74.1 cm³/mol. The van der Waals surface area contributed by atoms with Gasteiger partial charge in [0, 0.05) is 26.2 Å². The molecule has 0 bridgehead atoms. The molecule has 1 aliphatic heterocycles. The Hall–Kier alpha value is -0.160. The molecule has 0 atom stereocenters. The van der Waals surface area contributed by atoms with Crippen molar-refractivity contribution in [3.05, 3.63) is 0 Å². The van der Waals surface area contributed by atoms with Crippen LogP contribution in [-0.4, -0.2) is 85.8 Å². The molecule has 1 fully saturated rings. The first-order chi connectivity index (χ1) is 7.96. The molecule has 1 saturated heterocycles. The molecule has 1 heterocycles. The molecule has 1 aliphatic rings. The molecule has 0 aliphatic carbocycles. The fourth-order valence-corrected chi connectivity index (χ4v) is 2.80. The molecule has 4 heteroatoms. The summed E-state index contributed by atoms with van der Waals surface area (Å²) in [5.74, 6) is 0.0464. The minimum absolute atomic E-state index is 0.0464. The van der Waals surface area contributed by atoms with Crippen LogP contribution in [0.15, 0.2) is 0 Å². The Morgan fingerprint density at radius 1 is 0.941 bits per heavy atom. The summed E-state index contributed by atoms with van der Waals surface area (Å²) in [6.45, 7) is 13.7. The summed E-state index contributed by atoms with van der Waals surface area (Å²) in [6, 6.07) is 0. The van der Waals surface area contributed by atoms with Crippen molar-refractivity contribution in [3.8, 4) is 0 Å². The third kappa shape index (κ3) is 2.99. The summed E-state index contributed by atoms with van der Waals surface area (Å²) in [5.41, 5.74) is 0. The van der Waals surface area contributed by atoms with E-state index in [1.807, 2.05) is 0 Å². The molecule has 1 rings (SSSR count). The average Bonchev–Trinajstić information content (AvgIpc) is 2.28. The highest BCUT2D eigenvalue weighted by Crippen LogP contribution is 2.23. The van der Waals surface area contributed by atoms with Gasteiger partial charge >= 0.3 is 0 Å². The van der Waals surface area contributed by atoms with Gasteiger partial charge in [-0.1, -0.05) is 13.8 Å². The van der Waals surface area contributed by atoms with Crippen LogP contribution in [0, 0.1) is 0 Å². The summed E-state index contributed by atoms with van der Waals surface area (Å²) in [5, 5.41) is 0. The van der Waals surface area contributed by atoms with E-state index in [-0.39, 0.29) is 5.79 Å². The summed E-state index contributed by atoms with van der Waals surface area (Å²) in [7, 11) is 6.60. The molecule has 0 amide bonds. The van der Waals surface area contributed by atoms with Crippen LogP contribution in [-0.2, 0) is 0 Å². The smallest absolute Gasteiger partial charge is 0.127 e. The molecule has 0 spiro atoms. The van der Waals surface area contributed by atoms with Crippen LogP contribution in [0.4, 0.5) is 0 Å². The van der Waals surface area contributed by atoms with Gasteiger partial charge in [0.15, 0.2) is 0 Å². The fraction of sp³-hybridized carbons (Fsp3) is 1.00. The Kier molecular flexibility index (Phi) is 5.38. The number of nitrogens with zero attached hydrogens (tertiary/aromatic N) is 4. The third-order valence-corrected chi connectivity index (χ3v) is 4.31. The molecule has 4 nitrogen and oxygen atoms in total. The highest BCUT2D eigenvalue weighted by molar-refractivity contribution is 4.86. The van der Waals surface area contributed by atoms with Crippen molar-refractivity contribution in [2.75, 3.05) is 60.4 Å². The van der Waals surface area contributed by atoms with E-state index in [1.54, 1.807) is 0 Å². The Morgan fingerprint density at radius 3 is 1.65 bits per heavy atom. The van der Waals surface area contributed by atoms with E-state index >= 15 is 0 Å². The van der Waals surface area contributed by atoms with Crippen LogP contribution in [0.25, 0.3) is 0 Å². The minimum atomic E-state index is 0.0464. The lowest BCUT2D eigenvalue weighted by atomic mass is 10.2. The molecule has 102 valence electrons. The number of hydrogen-bond acceptors (Lipinski definition) is 4. The molecule has 0 aromatic rings. The minimum Gasteiger partial charge on any atom is -0.304 e. The van der Waals surface area contributed by atoms with Crippen molar-refractivity contribution in [2.24, 2.45) is 0 Å². The first kappa shape index (κ1) is 14.9. The van der Waals surface area contributed by atoms with E-state index in [9.17, 15) is 0 Å². The predicted octanol–water partition coefficient (Wildman–Crippen LogP) is 0.811. The highest BCUT2D eigenvalue weighted by Gasteiger charge is 2.39. The first-order valence-corrected chi connectivity index (χ1v) is 6.82. The molecule has 0 aromatic carbocycles. The molecular formula is C13H30N4. The van der Waals surface area contributed by atoms with Gasteiger partial charge in [0.2, 0.25) is 0 Å². The van der Waals surface area contributed by atoms with Gasteiger partial charge in [-0.05, 0) is 41.2 Å². The van der Waals surface area contributed by atoms with Crippen molar-refractivity contribution in [1.82, 2.24) is 19.6 Å². The van der Waals surface area contributed by atoms with Crippen LogP contribution >= 0.6 is 0 Å². The van der Waals surface area contributed by atoms with Crippen LogP contribution in [0.5, 0.6) is 0 Å². The summed E-state index contributed by atoms with van der Waals surface area (Å²) >= 11 is 0. The van der Waals surface area contributed by atoms with E-state index in [2.05, 4.69) is 61.5 Å². The maximum absolute atomic E-state index is 2.58. The van der Waals surface area contributed by atoms with Crippen LogP contribution in [0.3, 0.4) is 0 Å². The second-order valence-corrected chi connectivity index (χ2v) is 5.33. The van der Waals surface area contributed by atoms with E-state index in [0.29, 0.717) is 0 Å². The zero-order valence-electron chi connectivity index (χ0n) is 12.5. The van der Waals surface area contributed by atoms with Gasteiger partial charge in [0.05, 0.1) is 0 Å². The van der Waals surface area contributed by atoms with Gasteiger partial charge in [0.1, 0.15) is 5.79 Å². The highest BCUT2D eigenvalue weighted by atomic mass is 15.6. The second kappa shape index (κ2) is 6.14. The van der Waals surface area contributed by atoms with E-state index < -0.39 is 0 Å². The fourth-order valence-electron chi connectivity index (χ4n) is 2.80. The third-order valence-electron chi connectivity index (χ3n) is 4.31. The summed E-state index contributed by atoms with van der Waals surface area (Å²) in [6.07, 6.45) is 0. The van der Waals surface area contributed by atoms with Crippen LogP contribution in [0.1, 0.15) is 20.8 Å². The Morgan fingerprint density at radius 2 is 1.35 bits per heavy atom. The zero-order chi connectivity index (χ0) is 13.1. The van der Waals surface area contributed by atoms with Gasteiger partial charge in [-0.25, -0.2) is 0 Å². The van der Waals surface area contributed by atoms with Crippen molar-refractivity contribution in [2.45, 2.75) is 26.6 Å². The second-order valence-electron chi connectivity index (χ2n) is 5.33. The maximum Gasteiger partial charge on any atom is 0.127 e. The number of likely N-dealkylation sites (N-methyl/N-ethyl adjacent to an activating group) is 3. The molecular weight excluding hydrogens is 212 g/mol. The topological polar surface area (TPSA) is 13.0 Å². The molecule has 17 heavy (non-hydrogen) atoms. The van der Waals surface area contributed by atoms with Crippen LogP contribution < -0.4 is 0 Å². The molecule has 0 unspecified atom stereocenters. The monoisotopic (exact) mass is 242 g/mol. The molecule has 0 aromatic heterocycles. The quantitative estimate of drug-likeness (QED) is 0.726. The number of hydrogen-bond donors (Lipinski definition) is 0. The first-order valence-electron chi connectivity index (χ1n) is 6.82. The van der Waals surface area contributed by atoms with Crippen molar-refractivity contribution >= 4 is 0 Å². The zero-order valence-corrected chi connectivity index (χ0v) is 12.5. The molecule has 0 saturated carbocycles. The van der Waals surface area contributed by atoms with Gasteiger partial charge in [-0.3, -0.25) is 14.7 Å². The van der Waals surface area contributed by atoms with Crippen LogP contribution in [0.2, 0.25) is 0 Å². The standard InChI is InChI=1S/C13H30N4/c1-7-16-11-9-15(6)10-12-17(8-2)13(16,3)14(4)5/h7-12H2,1-6H3. The van der Waals surface area contributed by atoms with Crippen molar-refractivity contribution < 1.29 is 0 Å². The van der Waals surface area contributed by atoms with E-state index in [1.165, 1.54) is 0 Å². The molecule has 0 radical (unpaired) electrons. The lowest BCUT2D eigenvalue weighted by Gasteiger charge is -2.54. The molecule has 0 N–H and O–H groups in total. The normalized spacial score (nSPS) is 24.9. The van der Waals surface area contributed by atoms with Crippen molar-refractivity contribution in [1.29, 1.82) is 0 Å². The summed E-state index contributed by atoms with van der Waals surface area (Å²) in [4.78, 5) is 9.93. The van der Waals surface area contributed by atoms with E-state index in [0.717, 1.165) is 39.3 Å². The SMILES string of the molecule is CCN1CCN(C)CCN(CC)C1(C)N(C)C. The summed E-state index contributed by atoms with van der Waals surface area (Å²) < 4.78 is 0. The Balaban J connectivity index is 2.97. The Bertz CT molecular complexity index is 213. The largest absolute Gasteiger partial charge is 0.304 e. The Labute approximate surface area is 107 Å².